The summed E-state index contributed by atoms with van der Waals surface area (Å²) < 4.78 is 51.6. The summed E-state index contributed by atoms with van der Waals surface area (Å²) in [6, 6.07) is 23.3. The number of hydrogen-bond acceptors (Lipinski definition) is 8. The first-order chi connectivity index (χ1) is 21.8. The van der Waals surface area contributed by atoms with Gasteiger partial charge in [0.25, 0.3) is 0 Å². The molecular formula is C34H35F3N4O3S. The third kappa shape index (κ3) is 7.32. The molecule has 4 aromatic carbocycles. The Balaban J connectivity index is 0.933. The van der Waals surface area contributed by atoms with Crippen molar-refractivity contribution in [1.29, 1.82) is 0 Å². The number of halogens is 3. The number of hydrogen-bond donors (Lipinski definition) is 1. The van der Waals surface area contributed by atoms with Crippen LogP contribution in [0.4, 0.5) is 30.2 Å². The van der Waals surface area contributed by atoms with Crippen LogP contribution in [-0.2, 0) is 15.7 Å². The van der Waals surface area contributed by atoms with Gasteiger partial charge in [-0.15, -0.1) is 0 Å². The van der Waals surface area contributed by atoms with E-state index in [0.29, 0.717) is 30.2 Å². The number of nitrogens with zero attached hydrogens (tertiary/aromatic N) is 3. The summed E-state index contributed by atoms with van der Waals surface area (Å²) in [6.07, 6.45) is -3.57. The second-order valence-corrected chi connectivity index (χ2v) is 12.2. The van der Waals surface area contributed by atoms with Gasteiger partial charge in [0.05, 0.1) is 22.6 Å². The molecule has 0 aliphatic carbocycles. The summed E-state index contributed by atoms with van der Waals surface area (Å²) in [5, 5.41) is 1.88. The summed E-state index contributed by atoms with van der Waals surface area (Å²) in [4.78, 5) is 20.8. The number of para-hydroxylation sites is 1. The fourth-order valence-electron chi connectivity index (χ4n) is 5.80. The van der Waals surface area contributed by atoms with Crippen LogP contribution < -0.4 is 15.4 Å². The Hall–Kier alpha value is -3.93. The number of ether oxygens (including phenoxy) is 2. The minimum absolute atomic E-state index is 0.210. The Morgan fingerprint density at radius 3 is 2.33 bits per heavy atom. The smallest absolute Gasteiger partial charge is 0.416 e. The van der Waals surface area contributed by atoms with Gasteiger partial charge < -0.3 is 25.0 Å². The van der Waals surface area contributed by atoms with Gasteiger partial charge in [0, 0.05) is 54.4 Å². The zero-order chi connectivity index (χ0) is 31.4. The zero-order valence-electron chi connectivity index (χ0n) is 24.8. The van der Waals surface area contributed by atoms with Crippen LogP contribution in [0.2, 0.25) is 0 Å². The number of fused-ring (bicyclic) bond motifs is 3. The molecule has 11 heteroatoms. The minimum atomic E-state index is -4.39. The van der Waals surface area contributed by atoms with Gasteiger partial charge in [0.15, 0.2) is 6.61 Å². The monoisotopic (exact) mass is 636 g/mol. The van der Waals surface area contributed by atoms with Gasteiger partial charge in [-0.3, -0.25) is 4.90 Å². The lowest BCUT2D eigenvalue weighted by atomic mass is 10.1. The highest BCUT2D eigenvalue weighted by molar-refractivity contribution is 7.99. The molecule has 236 valence electrons. The fraction of sp³-hybridized carbons (Fsp3) is 0.324. The number of piperazine rings is 1. The predicted molar refractivity (Wildman–Crippen MR) is 171 cm³/mol. The molecule has 0 radical (unpaired) electrons. The molecule has 0 unspecified atom stereocenters. The van der Waals surface area contributed by atoms with Crippen LogP contribution in [0.15, 0.2) is 88.7 Å². The molecule has 7 nitrogen and oxygen atoms in total. The first-order valence-electron chi connectivity index (χ1n) is 15.0. The fourth-order valence-corrected chi connectivity index (χ4v) is 6.88. The van der Waals surface area contributed by atoms with Crippen LogP contribution in [-0.4, -0.2) is 74.8 Å². The van der Waals surface area contributed by atoms with Crippen LogP contribution >= 0.6 is 11.8 Å². The van der Waals surface area contributed by atoms with E-state index in [-0.39, 0.29) is 13.2 Å². The van der Waals surface area contributed by atoms with Crippen molar-refractivity contribution in [3.63, 3.8) is 0 Å². The van der Waals surface area contributed by atoms with Crippen LogP contribution in [0.1, 0.15) is 12.0 Å². The second-order valence-electron chi connectivity index (χ2n) is 11.1. The Labute approximate surface area is 264 Å². The average Bonchev–Trinajstić information content (AvgIpc) is 3.04. The van der Waals surface area contributed by atoms with Crippen LogP contribution in [0.25, 0.3) is 10.8 Å². The molecule has 0 bridgehead atoms. The van der Waals surface area contributed by atoms with Crippen molar-refractivity contribution in [2.24, 2.45) is 0 Å². The highest BCUT2D eigenvalue weighted by Gasteiger charge is 2.33. The molecule has 1 fully saturated rings. The van der Waals surface area contributed by atoms with E-state index in [1.165, 1.54) is 17.8 Å². The Kier molecular flexibility index (Phi) is 9.39. The number of carbonyl (C=O) groups excluding carboxylic acids is 1. The Morgan fingerprint density at radius 2 is 1.53 bits per heavy atom. The van der Waals surface area contributed by atoms with E-state index in [1.807, 2.05) is 59.5 Å². The molecule has 2 aliphatic rings. The number of nitrogen functional groups attached to an aromatic ring is 1. The molecule has 0 saturated carbocycles. The van der Waals surface area contributed by atoms with Crippen molar-refractivity contribution in [2.75, 3.05) is 69.7 Å². The largest absolute Gasteiger partial charge is 0.480 e. The molecular weight excluding hydrogens is 601 g/mol. The maximum Gasteiger partial charge on any atom is 0.416 e. The third-order valence-electron chi connectivity index (χ3n) is 8.22. The van der Waals surface area contributed by atoms with E-state index in [2.05, 4.69) is 9.80 Å². The zero-order valence-corrected chi connectivity index (χ0v) is 25.6. The van der Waals surface area contributed by atoms with Crippen LogP contribution in [0.3, 0.4) is 0 Å². The topological polar surface area (TPSA) is 71.3 Å². The number of anilines is 3. The van der Waals surface area contributed by atoms with Gasteiger partial charge >= 0.3 is 12.1 Å². The van der Waals surface area contributed by atoms with Gasteiger partial charge in [-0.05, 0) is 54.8 Å². The molecule has 0 spiro atoms. The molecule has 0 atom stereocenters. The third-order valence-corrected chi connectivity index (χ3v) is 9.35. The number of benzene rings is 4. The molecule has 45 heavy (non-hydrogen) atoms. The second kappa shape index (κ2) is 13.6. The summed E-state index contributed by atoms with van der Waals surface area (Å²) in [7, 11) is 0. The SMILES string of the molecule is Nc1c(OCC(=O)OCCN2CCN(CCCN3c4ccccc4Sc4ccc(C(F)(F)F)cc43)CC2)ccc2ccccc12. The van der Waals surface area contributed by atoms with Gasteiger partial charge in [-0.1, -0.05) is 54.2 Å². The number of esters is 1. The van der Waals surface area contributed by atoms with E-state index in [4.69, 9.17) is 15.2 Å². The number of carbonyl (C=O) groups is 1. The van der Waals surface area contributed by atoms with Gasteiger partial charge in [-0.25, -0.2) is 4.79 Å². The molecule has 1 saturated heterocycles. The Morgan fingerprint density at radius 1 is 0.822 bits per heavy atom. The standard InChI is InChI=1S/C34H35F3N4O3S/c35-34(36,37)25-11-13-31-28(22-25)41(27-8-3-4-9-30(27)45-31)15-5-14-39-16-18-40(19-17-39)20-21-43-32(42)23-44-29-12-10-24-6-1-2-7-26(24)33(29)38/h1-4,6-13,22H,5,14-21,23,38H2. The van der Waals surface area contributed by atoms with E-state index in [1.54, 1.807) is 12.1 Å². The molecule has 4 aromatic rings. The number of rotatable bonds is 10. The molecule has 6 rings (SSSR count). The van der Waals surface area contributed by atoms with Crippen molar-refractivity contribution in [3.8, 4) is 5.75 Å². The number of alkyl halides is 3. The van der Waals surface area contributed by atoms with Crippen LogP contribution in [0, 0.1) is 0 Å². The molecule has 0 amide bonds. The van der Waals surface area contributed by atoms with Crippen molar-refractivity contribution >= 4 is 45.6 Å². The molecule has 2 N–H and O–H groups in total. The lowest BCUT2D eigenvalue weighted by Gasteiger charge is -2.36. The Bertz CT molecular complexity index is 1660. The lowest BCUT2D eigenvalue weighted by molar-refractivity contribution is -0.146. The van der Waals surface area contributed by atoms with E-state index in [9.17, 15) is 18.0 Å². The van der Waals surface area contributed by atoms with Gasteiger partial charge in [0.1, 0.15) is 12.4 Å². The van der Waals surface area contributed by atoms with E-state index in [0.717, 1.165) is 71.5 Å². The lowest BCUT2D eigenvalue weighted by Crippen LogP contribution is -2.47. The summed E-state index contributed by atoms with van der Waals surface area (Å²) >= 11 is 1.51. The summed E-state index contributed by atoms with van der Waals surface area (Å²) in [5.41, 5.74) is 7.64. The van der Waals surface area contributed by atoms with Crippen molar-refractivity contribution in [3.05, 3.63) is 84.4 Å². The first kappa shape index (κ1) is 31.1. The molecule has 2 aliphatic heterocycles. The van der Waals surface area contributed by atoms with E-state index < -0.39 is 17.7 Å². The summed E-state index contributed by atoms with van der Waals surface area (Å²) in [6.45, 7) is 5.62. The van der Waals surface area contributed by atoms with Crippen molar-refractivity contribution < 1.29 is 27.4 Å². The highest BCUT2D eigenvalue weighted by Crippen LogP contribution is 2.49. The summed E-state index contributed by atoms with van der Waals surface area (Å²) in [5.74, 6) is 0.0169. The minimum Gasteiger partial charge on any atom is -0.480 e. The van der Waals surface area contributed by atoms with Crippen molar-refractivity contribution in [2.45, 2.75) is 22.4 Å². The predicted octanol–water partition coefficient (Wildman–Crippen LogP) is 6.67. The first-order valence-corrected chi connectivity index (χ1v) is 15.8. The maximum atomic E-state index is 13.5. The normalized spacial score (nSPS) is 15.5. The number of nitrogens with two attached hydrogens (primary N) is 1. The van der Waals surface area contributed by atoms with Gasteiger partial charge in [-0.2, -0.15) is 13.2 Å². The van der Waals surface area contributed by atoms with Crippen LogP contribution in [0.5, 0.6) is 5.75 Å². The quantitative estimate of drug-likeness (QED) is 0.153. The molecule has 2 heterocycles. The van der Waals surface area contributed by atoms with Gasteiger partial charge in [0.2, 0.25) is 0 Å². The highest BCUT2D eigenvalue weighted by atomic mass is 32.2. The maximum absolute atomic E-state index is 13.5. The van der Waals surface area contributed by atoms with E-state index >= 15 is 0 Å². The average molecular weight is 637 g/mol. The van der Waals surface area contributed by atoms with Crippen molar-refractivity contribution in [1.82, 2.24) is 9.80 Å². The molecule has 0 aromatic heterocycles.